The molecule has 0 aliphatic carbocycles. The maximum absolute atomic E-state index is 12.8. The number of likely N-dealkylation sites (N-methyl/N-ethyl adjacent to an activating group) is 1. The molecule has 0 spiro atoms. The number of carbonyl (C=O) groups excluding carboxylic acids is 1. The first-order valence-electron chi connectivity index (χ1n) is 8.24. The molecule has 2 aromatic carbocycles. The fourth-order valence-corrected chi connectivity index (χ4v) is 3.09. The van der Waals surface area contributed by atoms with Crippen molar-refractivity contribution in [3.8, 4) is 17.2 Å². The maximum atomic E-state index is 12.8. The normalized spacial score (nSPS) is 15.3. The lowest BCUT2D eigenvalue weighted by Gasteiger charge is -2.22. The van der Waals surface area contributed by atoms with E-state index in [0.29, 0.717) is 24.5 Å². The van der Waals surface area contributed by atoms with Gasteiger partial charge < -0.3 is 19.1 Å². The molecule has 2 aromatic rings. The molecule has 0 fully saturated rings. The summed E-state index contributed by atoms with van der Waals surface area (Å²) in [5.41, 5.74) is 3.15. The molecule has 0 saturated heterocycles. The van der Waals surface area contributed by atoms with E-state index in [1.807, 2.05) is 43.3 Å². The molecule has 0 unspecified atom stereocenters. The minimum absolute atomic E-state index is 0.0228. The van der Waals surface area contributed by atoms with E-state index < -0.39 is 6.10 Å². The van der Waals surface area contributed by atoms with Gasteiger partial charge in [0.25, 0.3) is 5.91 Å². The zero-order chi connectivity index (χ0) is 18.0. The first kappa shape index (κ1) is 17.1. The number of rotatable bonds is 5. The highest BCUT2D eigenvalue weighted by atomic mass is 16.5. The van der Waals surface area contributed by atoms with Crippen molar-refractivity contribution >= 4 is 5.91 Å². The lowest BCUT2D eigenvalue weighted by atomic mass is 10.1. The summed E-state index contributed by atoms with van der Waals surface area (Å²) in [7, 11) is 5.02. The van der Waals surface area contributed by atoms with E-state index in [0.717, 1.165) is 22.4 Å². The van der Waals surface area contributed by atoms with E-state index in [2.05, 4.69) is 0 Å². The zero-order valence-electron chi connectivity index (χ0n) is 15.0. The summed E-state index contributed by atoms with van der Waals surface area (Å²) < 4.78 is 16.5. The van der Waals surface area contributed by atoms with Crippen LogP contribution in [-0.4, -0.2) is 38.2 Å². The minimum atomic E-state index is -0.456. The Morgan fingerprint density at radius 2 is 1.88 bits per heavy atom. The van der Waals surface area contributed by atoms with Crippen LogP contribution in [0.4, 0.5) is 0 Å². The minimum Gasteiger partial charge on any atom is -0.493 e. The van der Waals surface area contributed by atoms with Crippen molar-refractivity contribution in [3.05, 3.63) is 53.1 Å². The molecule has 5 nitrogen and oxygen atoms in total. The van der Waals surface area contributed by atoms with Crippen LogP contribution >= 0.6 is 0 Å². The first-order valence-corrected chi connectivity index (χ1v) is 8.24. The van der Waals surface area contributed by atoms with Crippen LogP contribution in [0.25, 0.3) is 0 Å². The van der Waals surface area contributed by atoms with E-state index in [1.165, 1.54) is 0 Å². The molecule has 0 N–H and O–H groups in total. The van der Waals surface area contributed by atoms with Gasteiger partial charge in [-0.25, -0.2) is 0 Å². The fraction of sp³-hybridized carbons (Fsp3) is 0.350. The zero-order valence-corrected chi connectivity index (χ0v) is 15.0. The number of ether oxygens (including phenoxy) is 3. The Kier molecular flexibility index (Phi) is 4.83. The van der Waals surface area contributed by atoms with Crippen LogP contribution in [0.2, 0.25) is 0 Å². The van der Waals surface area contributed by atoms with Crippen molar-refractivity contribution in [2.24, 2.45) is 0 Å². The second-order valence-electron chi connectivity index (χ2n) is 6.25. The standard InChI is InChI=1S/C20H23NO4/c1-13-9-17(23-3)18(24-4)11-15(13)12-21(2)20(22)19-10-14-7-5-6-8-16(14)25-19/h5-9,11,19H,10,12H2,1-4H3/t19-/m0/s1. The molecule has 0 saturated carbocycles. The number of fused-ring (bicyclic) bond motifs is 1. The lowest BCUT2D eigenvalue weighted by Crippen LogP contribution is -2.38. The summed E-state index contributed by atoms with van der Waals surface area (Å²) in [5, 5.41) is 0. The molecule has 1 aliphatic rings. The van der Waals surface area contributed by atoms with Gasteiger partial charge >= 0.3 is 0 Å². The lowest BCUT2D eigenvalue weighted by molar-refractivity contribution is -0.137. The summed E-state index contributed by atoms with van der Waals surface area (Å²) in [5.74, 6) is 2.13. The number of aryl methyl sites for hydroxylation is 1. The number of carbonyl (C=O) groups is 1. The Morgan fingerprint density at radius 1 is 1.20 bits per heavy atom. The average molecular weight is 341 g/mol. The second-order valence-corrected chi connectivity index (χ2v) is 6.25. The summed E-state index contributed by atoms with van der Waals surface area (Å²) in [6.07, 6.45) is 0.160. The van der Waals surface area contributed by atoms with E-state index in [1.54, 1.807) is 26.2 Å². The topological polar surface area (TPSA) is 48.0 Å². The predicted octanol–water partition coefficient (Wildman–Crippen LogP) is 2.97. The Bertz CT molecular complexity index is 762. The molecule has 132 valence electrons. The van der Waals surface area contributed by atoms with Gasteiger partial charge in [0.1, 0.15) is 5.75 Å². The highest BCUT2D eigenvalue weighted by Gasteiger charge is 2.31. The summed E-state index contributed by atoms with van der Waals surface area (Å²) in [4.78, 5) is 14.5. The van der Waals surface area contributed by atoms with Crippen LogP contribution in [0.3, 0.4) is 0 Å². The summed E-state index contributed by atoms with van der Waals surface area (Å²) in [6.45, 7) is 2.48. The number of hydrogen-bond donors (Lipinski definition) is 0. The number of hydrogen-bond acceptors (Lipinski definition) is 4. The van der Waals surface area contributed by atoms with Gasteiger partial charge in [0.05, 0.1) is 14.2 Å². The molecular weight excluding hydrogens is 318 g/mol. The van der Waals surface area contributed by atoms with Gasteiger partial charge in [-0.15, -0.1) is 0 Å². The Hall–Kier alpha value is -2.69. The summed E-state index contributed by atoms with van der Waals surface area (Å²) >= 11 is 0. The Balaban J connectivity index is 1.72. The molecule has 3 rings (SSSR count). The van der Waals surface area contributed by atoms with Crippen LogP contribution in [0, 0.1) is 6.92 Å². The van der Waals surface area contributed by atoms with Gasteiger partial charge in [-0.2, -0.15) is 0 Å². The Morgan fingerprint density at radius 3 is 2.56 bits per heavy atom. The number of methoxy groups -OCH3 is 2. The van der Waals surface area contributed by atoms with Gasteiger partial charge in [-0.3, -0.25) is 4.79 Å². The second kappa shape index (κ2) is 7.05. The summed E-state index contributed by atoms with van der Waals surface area (Å²) in [6, 6.07) is 11.6. The van der Waals surface area contributed by atoms with Crippen molar-refractivity contribution in [1.82, 2.24) is 4.90 Å². The quantitative estimate of drug-likeness (QED) is 0.839. The van der Waals surface area contributed by atoms with E-state index in [-0.39, 0.29) is 5.91 Å². The highest BCUT2D eigenvalue weighted by Crippen LogP contribution is 2.32. The van der Waals surface area contributed by atoms with Crippen LogP contribution < -0.4 is 14.2 Å². The van der Waals surface area contributed by atoms with Crippen LogP contribution in [-0.2, 0) is 17.8 Å². The predicted molar refractivity (Wildman–Crippen MR) is 95.3 cm³/mol. The molecule has 1 aliphatic heterocycles. The van der Waals surface area contributed by atoms with Crippen LogP contribution in [0.5, 0.6) is 17.2 Å². The SMILES string of the molecule is COc1cc(C)c(CN(C)C(=O)[C@@H]2Cc3ccccc3O2)cc1OC. The van der Waals surface area contributed by atoms with Crippen molar-refractivity contribution in [1.29, 1.82) is 0 Å². The number of amides is 1. The maximum Gasteiger partial charge on any atom is 0.264 e. The molecule has 1 atom stereocenters. The van der Waals surface area contributed by atoms with Crippen molar-refractivity contribution in [3.63, 3.8) is 0 Å². The Labute approximate surface area is 148 Å². The van der Waals surface area contributed by atoms with Gasteiger partial charge in [0.15, 0.2) is 17.6 Å². The number of nitrogens with zero attached hydrogens (tertiary/aromatic N) is 1. The van der Waals surface area contributed by atoms with Crippen molar-refractivity contribution in [2.45, 2.75) is 26.0 Å². The molecular formula is C20H23NO4. The van der Waals surface area contributed by atoms with Gasteiger partial charge in [-0.1, -0.05) is 18.2 Å². The molecule has 5 heteroatoms. The fourth-order valence-electron chi connectivity index (χ4n) is 3.09. The molecule has 1 heterocycles. The third-order valence-electron chi connectivity index (χ3n) is 4.55. The molecule has 1 amide bonds. The number of para-hydroxylation sites is 1. The monoisotopic (exact) mass is 341 g/mol. The molecule has 25 heavy (non-hydrogen) atoms. The molecule has 0 radical (unpaired) electrons. The van der Waals surface area contributed by atoms with Gasteiger partial charge in [0, 0.05) is 20.0 Å². The molecule has 0 aromatic heterocycles. The van der Waals surface area contributed by atoms with E-state index in [9.17, 15) is 4.79 Å². The third-order valence-corrected chi connectivity index (χ3v) is 4.55. The van der Waals surface area contributed by atoms with Crippen LogP contribution in [0.15, 0.2) is 36.4 Å². The highest BCUT2D eigenvalue weighted by molar-refractivity contribution is 5.82. The van der Waals surface area contributed by atoms with E-state index >= 15 is 0 Å². The average Bonchev–Trinajstić information content (AvgIpc) is 3.06. The molecule has 0 bridgehead atoms. The van der Waals surface area contributed by atoms with Gasteiger partial charge in [-0.05, 0) is 41.8 Å². The smallest absolute Gasteiger partial charge is 0.264 e. The third kappa shape index (κ3) is 3.40. The first-order chi connectivity index (χ1) is 12.0. The number of benzene rings is 2. The van der Waals surface area contributed by atoms with Gasteiger partial charge in [0.2, 0.25) is 0 Å². The largest absolute Gasteiger partial charge is 0.493 e. The van der Waals surface area contributed by atoms with E-state index in [4.69, 9.17) is 14.2 Å². The van der Waals surface area contributed by atoms with Crippen molar-refractivity contribution in [2.75, 3.05) is 21.3 Å². The van der Waals surface area contributed by atoms with Crippen molar-refractivity contribution < 1.29 is 19.0 Å². The van der Waals surface area contributed by atoms with Crippen LogP contribution in [0.1, 0.15) is 16.7 Å².